The lowest BCUT2D eigenvalue weighted by Crippen LogP contribution is -2.08. The molecule has 0 amide bonds. The smallest absolute Gasteiger partial charge is 0.337 e. The van der Waals surface area contributed by atoms with Gasteiger partial charge in [-0.1, -0.05) is 0 Å². The first-order valence-corrected chi connectivity index (χ1v) is 8.58. The lowest BCUT2D eigenvalue weighted by atomic mass is 10.1. The van der Waals surface area contributed by atoms with Crippen LogP contribution in [0.1, 0.15) is 21.6 Å². The van der Waals surface area contributed by atoms with Crippen molar-refractivity contribution in [3.05, 3.63) is 81.3 Å². The standard InChI is InChI=1S/C20H17FN4O4/c1-12-9-18(22-11-15-10-14(20(26)29-2)5-8-17(15)21)24-19(23-12)13-3-6-16(7-4-13)25(27)28/h3-10H,11H2,1-2H3,(H,22,23,24). The Kier molecular flexibility index (Phi) is 5.77. The van der Waals surface area contributed by atoms with Gasteiger partial charge in [0.05, 0.1) is 17.6 Å². The first kappa shape index (κ1) is 19.9. The van der Waals surface area contributed by atoms with Gasteiger partial charge in [-0.3, -0.25) is 10.1 Å². The van der Waals surface area contributed by atoms with Crippen LogP contribution in [0.25, 0.3) is 11.4 Å². The number of esters is 1. The highest BCUT2D eigenvalue weighted by atomic mass is 19.1. The molecule has 0 saturated carbocycles. The van der Waals surface area contributed by atoms with Crippen molar-refractivity contribution in [2.45, 2.75) is 13.5 Å². The van der Waals surface area contributed by atoms with Crippen LogP contribution in [0.5, 0.6) is 0 Å². The average molecular weight is 396 g/mol. The number of nitro benzene ring substituents is 1. The van der Waals surface area contributed by atoms with E-state index >= 15 is 0 Å². The Balaban J connectivity index is 1.82. The summed E-state index contributed by atoms with van der Waals surface area (Å²) in [7, 11) is 1.26. The number of hydrogen-bond donors (Lipinski definition) is 1. The van der Waals surface area contributed by atoms with Crippen molar-refractivity contribution in [2.24, 2.45) is 0 Å². The molecule has 0 aliphatic carbocycles. The van der Waals surface area contributed by atoms with Crippen molar-refractivity contribution in [3.63, 3.8) is 0 Å². The minimum Gasteiger partial charge on any atom is -0.465 e. The molecule has 1 N–H and O–H groups in total. The Morgan fingerprint density at radius 2 is 1.90 bits per heavy atom. The van der Waals surface area contributed by atoms with E-state index in [0.29, 0.717) is 22.9 Å². The molecule has 0 saturated heterocycles. The highest BCUT2D eigenvalue weighted by Gasteiger charge is 2.12. The topological polar surface area (TPSA) is 107 Å². The first-order valence-electron chi connectivity index (χ1n) is 8.58. The Morgan fingerprint density at radius 3 is 2.55 bits per heavy atom. The summed E-state index contributed by atoms with van der Waals surface area (Å²) in [6, 6.07) is 11.6. The van der Waals surface area contributed by atoms with Crippen LogP contribution in [0.4, 0.5) is 15.9 Å². The van der Waals surface area contributed by atoms with Gasteiger partial charge in [0.15, 0.2) is 5.82 Å². The zero-order valence-corrected chi connectivity index (χ0v) is 15.7. The van der Waals surface area contributed by atoms with Gasteiger partial charge in [0.2, 0.25) is 0 Å². The Hall–Kier alpha value is -3.88. The van der Waals surface area contributed by atoms with E-state index in [4.69, 9.17) is 0 Å². The SMILES string of the molecule is COC(=O)c1ccc(F)c(CNc2cc(C)nc(-c3ccc([N+](=O)[O-])cc3)n2)c1. The maximum Gasteiger partial charge on any atom is 0.337 e. The Bertz CT molecular complexity index is 1070. The van der Waals surface area contributed by atoms with Crippen LogP contribution >= 0.6 is 0 Å². The molecule has 0 bridgehead atoms. The summed E-state index contributed by atoms with van der Waals surface area (Å²) in [5.74, 6) is -0.184. The summed E-state index contributed by atoms with van der Waals surface area (Å²) < 4.78 is 18.7. The van der Waals surface area contributed by atoms with Crippen LogP contribution in [-0.2, 0) is 11.3 Å². The number of nitro groups is 1. The second kappa shape index (κ2) is 8.42. The van der Waals surface area contributed by atoms with Crippen molar-refractivity contribution >= 4 is 17.5 Å². The predicted molar refractivity (Wildman–Crippen MR) is 104 cm³/mol. The summed E-state index contributed by atoms with van der Waals surface area (Å²) in [4.78, 5) is 30.7. The molecule has 0 radical (unpaired) electrons. The number of benzene rings is 2. The zero-order valence-electron chi connectivity index (χ0n) is 15.7. The third-order valence-electron chi connectivity index (χ3n) is 4.12. The molecule has 9 heteroatoms. The predicted octanol–water partition coefficient (Wildman–Crippen LogP) is 3.90. The third-order valence-corrected chi connectivity index (χ3v) is 4.12. The fourth-order valence-electron chi connectivity index (χ4n) is 2.66. The van der Waals surface area contributed by atoms with E-state index in [0.717, 1.165) is 0 Å². The number of halogens is 1. The molecule has 0 aliphatic heterocycles. The number of nitrogens with one attached hydrogen (secondary N) is 1. The Labute approximate surface area is 165 Å². The number of rotatable bonds is 6. The van der Waals surface area contributed by atoms with E-state index in [1.807, 2.05) is 0 Å². The highest BCUT2D eigenvalue weighted by molar-refractivity contribution is 5.89. The van der Waals surface area contributed by atoms with Gasteiger partial charge >= 0.3 is 5.97 Å². The minimum atomic E-state index is -0.551. The van der Waals surface area contributed by atoms with E-state index in [1.165, 1.54) is 37.4 Å². The Morgan fingerprint density at radius 1 is 1.17 bits per heavy atom. The number of nitrogens with zero attached hydrogens (tertiary/aromatic N) is 3. The van der Waals surface area contributed by atoms with Gasteiger partial charge in [0.1, 0.15) is 11.6 Å². The van der Waals surface area contributed by atoms with Gasteiger partial charge in [0, 0.05) is 41.6 Å². The summed E-state index contributed by atoms with van der Waals surface area (Å²) >= 11 is 0. The number of anilines is 1. The molecule has 0 atom stereocenters. The zero-order chi connectivity index (χ0) is 21.0. The van der Waals surface area contributed by atoms with Crippen molar-refractivity contribution < 1.29 is 18.8 Å². The van der Waals surface area contributed by atoms with Crippen LogP contribution in [0.2, 0.25) is 0 Å². The first-order chi connectivity index (χ1) is 13.9. The summed E-state index contributed by atoms with van der Waals surface area (Å²) in [6.07, 6.45) is 0. The fourth-order valence-corrected chi connectivity index (χ4v) is 2.66. The quantitative estimate of drug-likeness (QED) is 0.382. The van der Waals surface area contributed by atoms with Crippen LogP contribution in [-0.4, -0.2) is 28.0 Å². The van der Waals surface area contributed by atoms with E-state index < -0.39 is 16.7 Å². The molecule has 29 heavy (non-hydrogen) atoms. The molecule has 3 rings (SSSR count). The summed E-state index contributed by atoms with van der Waals surface area (Å²) in [5, 5.41) is 13.8. The maximum absolute atomic E-state index is 14.1. The minimum absolute atomic E-state index is 0.0271. The van der Waals surface area contributed by atoms with Crippen LogP contribution in [0.3, 0.4) is 0 Å². The van der Waals surface area contributed by atoms with E-state index in [1.54, 1.807) is 25.1 Å². The second-order valence-electron chi connectivity index (χ2n) is 6.17. The second-order valence-corrected chi connectivity index (χ2v) is 6.17. The van der Waals surface area contributed by atoms with Crippen LogP contribution < -0.4 is 5.32 Å². The van der Waals surface area contributed by atoms with Gasteiger partial charge in [-0.05, 0) is 37.3 Å². The van der Waals surface area contributed by atoms with Crippen molar-refractivity contribution in [2.75, 3.05) is 12.4 Å². The van der Waals surface area contributed by atoms with Gasteiger partial charge in [-0.15, -0.1) is 0 Å². The van der Waals surface area contributed by atoms with Gasteiger partial charge in [0.25, 0.3) is 5.69 Å². The number of aryl methyl sites for hydroxylation is 1. The molecule has 1 aromatic heterocycles. The number of carbonyl (C=O) groups excluding carboxylic acids is 1. The molecular formula is C20H17FN4O4. The number of methoxy groups -OCH3 is 1. The lowest BCUT2D eigenvalue weighted by molar-refractivity contribution is -0.384. The molecule has 8 nitrogen and oxygen atoms in total. The average Bonchev–Trinajstić information content (AvgIpc) is 2.72. The number of ether oxygens (including phenoxy) is 1. The molecule has 2 aromatic carbocycles. The molecule has 148 valence electrons. The molecule has 0 aliphatic rings. The monoisotopic (exact) mass is 396 g/mol. The van der Waals surface area contributed by atoms with E-state index in [-0.39, 0.29) is 23.4 Å². The molecule has 1 heterocycles. The number of non-ortho nitro benzene ring substituents is 1. The summed E-state index contributed by atoms with van der Waals surface area (Å²) in [5.41, 5.74) is 1.78. The molecule has 0 spiro atoms. The van der Waals surface area contributed by atoms with Gasteiger partial charge in [-0.2, -0.15) is 0 Å². The fraction of sp³-hybridized carbons (Fsp3) is 0.150. The maximum atomic E-state index is 14.1. The van der Waals surface area contributed by atoms with E-state index in [2.05, 4.69) is 20.0 Å². The number of carbonyl (C=O) groups is 1. The van der Waals surface area contributed by atoms with Crippen molar-refractivity contribution in [1.82, 2.24) is 9.97 Å². The van der Waals surface area contributed by atoms with Crippen LogP contribution in [0.15, 0.2) is 48.5 Å². The number of hydrogen-bond acceptors (Lipinski definition) is 7. The normalized spacial score (nSPS) is 10.4. The van der Waals surface area contributed by atoms with Crippen molar-refractivity contribution in [3.8, 4) is 11.4 Å². The lowest BCUT2D eigenvalue weighted by Gasteiger charge is -2.10. The number of aromatic nitrogens is 2. The summed E-state index contributed by atoms with van der Waals surface area (Å²) in [6.45, 7) is 1.87. The molecular weight excluding hydrogens is 379 g/mol. The van der Waals surface area contributed by atoms with Crippen molar-refractivity contribution in [1.29, 1.82) is 0 Å². The van der Waals surface area contributed by atoms with Crippen LogP contribution in [0, 0.1) is 22.9 Å². The highest BCUT2D eigenvalue weighted by Crippen LogP contribution is 2.22. The van der Waals surface area contributed by atoms with E-state index in [9.17, 15) is 19.3 Å². The van der Waals surface area contributed by atoms with Gasteiger partial charge in [-0.25, -0.2) is 19.2 Å². The third kappa shape index (κ3) is 4.70. The molecule has 0 fully saturated rings. The largest absolute Gasteiger partial charge is 0.465 e. The van der Waals surface area contributed by atoms with Gasteiger partial charge < -0.3 is 10.1 Å². The molecule has 0 unspecified atom stereocenters. The molecule has 3 aromatic rings.